The molecule has 154 valence electrons. The normalized spacial score (nSPS) is 29.3. The van der Waals surface area contributed by atoms with Gasteiger partial charge in [-0.25, -0.2) is 12.8 Å². The van der Waals surface area contributed by atoms with Crippen LogP contribution < -0.4 is 0 Å². The highest BCUT2D eigenvalue weighted by Crippen LogP contribution is 2.37. The Hall–Kier alpha value is -1.47. The van der Waals surface area contributed by atoms with E-state index in [9.17, 15) is 17.6 Å². The van der Waals surface area contributed by atoms with Crippen LogP contribution in [0.15, 0.2) is 29.2 Å². The molecule has 2 aliphatic heterocycles. The van der Waals surface area contributed by atoms with Crippen LogP contribution in [0.25, 0.3) is 0 Å². The molecule has 3 atom stereocenters. The van der Waals surface area contributed by atoms with Gasteiger partial charge in [-0.15, -0.1) is 0 Å². The third kappa shape index (κ3) is 3.83. The molecule has 4 rings (SSSR count). The summed E-state index contributed by atoms with van der Waals surface area (Å²) in [4.78, 5) is 15.5. The lowest BCUT2D eigenvalue weighted by Gasteiger charge is -2.46. The summed E-state index contributed by atoms with van der Waals surface area (Å²) < 4.78 is 40.5. The molecule has 3 fully saturated rings. The standard InChI is InChI=1S/C21H29FN2O3S/c22-18-9-11-19(12-10-18)28(26,27)23-13-3-7-17(15-23)21(25)24-14-4-6-16-5-1-2-8-20(16)24/h9-12,16-17,20H,1-8,13-15H2/t16-,17+,20-/m0/s1. The van der Waals surface area contributed by atoms with Gasteiger partial charge in [-0.1, -0.05) is 12.8 Å². The van der Waals surface area contributed by atoms with Crippen molar-refractivity contribution >= 4 is 15.9 Å². The molecule has 1 aliphatic carbocycles. The molecule has 7 heteroatoms. The predicted molar refractivity (Wildman–Crippen MR) is 105 cm³/mol. The molecule has 1 saturated carbocycles. The van der Waals surface area contributed by atoms with Gasteiger partial charge in [0.25, 0.3) is 0 Å². The fourth-order valence-electron chi connectivity index (χ4n) is 5.25. The first-order valence-corrected chi connectivity index (χ1v) is 12.0. The van der Waals surface area contributed by atoms with Gasteiger partial charge in [0.1, 0.15) is 5.82 Å². The molecule has 0 bridgehead atoms. The molecule has 2 heterocycles. The van der Waals surface area contributed by atoms with Crippen LogP contribution in [0.1, 0.15) is 51.4 Å². The minimum atomic E-state index is -3.70. The summed E-state index contributed by atoms with van der Waals surface area (Å²) in [6.07, 6.45) is 8.42. The van der Waals surface area contributed by atoms with Gasteiger partial charge < -0.3 is 4.90 Å². The number of likely N-dealkylation sites (tertiary alicyclic amines) is 1. The quantitative estimate of drug-likeness (QED) is 0.770. The summed E-state index contributed by atoms with van der Waals surface area (Å²) in [7, 11) is -3.70. The second-order valence-corrected chi connectivity index (χ2v) is 10.4. The van der Waals surface area contributed by atoms with Crippen molar-refractivity contribution in [3.63, 3.8) is 0 Å². The van der Waals surface area contributed by atoms with Gasteiger partial charge in [0.15, 0.2) is 0 Å². The van der Waals surface area contributed by atoms with E-state index in [1.807, 2.05) is 0 Å². The van der Waals surface area contributed by atoms with Crippen molar-refractivity contribution in [2.75, 3.05) is 19.6 Å². The van der Waals surface area contributed by atoms with Crippen LogP contribution >= 0.6 is 0 Å². The number of carbonyl (C=O) groups is 1. The molecule has 0 unspecified atom stereocenters. The Morgan fingerprint density at radius 3 is 2.39 bits per heavy atom. The Bertz CT molecular complexity index is 809. The summed E-state index contributed by atoms with van der Waals surface area (Å²) in [5.74, 6) is 0.0205. The van der Waals surface area contributed by atoms with Gasteiger partial charge in [0.05, 0.1) is 10.8 Å². The Kier molecular flexibility index (Phi) is 5.74. The topological polar surface area (TPSA) is 57.7 Å². The SMILES string of the molecule is O=C([C@@H]1CCCN(S(=O)(=O)c2ccc(F)cc2)C1)N1CCC[C@@H]2CCCC[C@@H]21. The van der Waals surface area contributed by atoms with Crippen molar-refractivity contribution in [2.24, 2.45) is 11.8 Å². The molecule has 2 saturated heterocycles. The van der Waals surface area contributed by atoms with Crippen LogP contribution in [0.2, 0.25) is 0 Å². The highest BCUT2D eigenvalue weighted by Gasteiger charge is 2.40. The first kappa shape index (κ1) is 19.8. The van der Waals surface area contributed by atoms with E-state index in [1.54, 1.807) is 0 Å². The molecule has 3 aliphatic rings. The number of fused-ring (bicyclic) bond motifs is 1. The Labute approximate surface area is 166 Å². The van der Waals surface area contributed by atoms with Crippen LogP contribution in [0.5, 0.6) is 0 Å². The lowest BCUT2D eigenvalue weighted by atomic mass is 9.77. The van der Waals surface area contributed by atoms with Gasteiger partial charge >= 0.3 is 0 Å². The number of sulfonamides is 1. The average molecular weight is 409 g/mol. The molecule has 0 spiro atoms. The highest BCUT2D eigenvalue weighted by molar-refractivity contribution is 7.89. The van der Waals surface area contributed by atoms with Crippen LogP contribution in [0.4, 0.5) is 4.39 Å². The number of benzene rings is 1. The van der Waals surface area contributed by atoms with Crippen molar-refractivity contribution in [3.05, 3.63) is 30.1 Å². The highest BCUT2D eigenvalue weighted by atomic mass is 32.2. The predicted octanol–water partition coefficient (Wildman–Crippen LogP) is 3.41. The molecule has 1 amide bonds. The summed E-state index contributed by atoms with van der Waals surface area (Å²) in [5, 5.41) is 0. The monoisotopic (exact) mass is 408 g/mol. The third-order valence-corrected chi connectivity index (χ3v) is 8.59. The van der Waals surface area contributed by atoms with Gasteiger partial charge in [0, 0.05) is 25.7 Å². The van der Waals surface area contributed by atoms with E-state index >= 15 is 0 Å². The zero-order chi connectivity index (χ0) is 19.7. The third-order valence-electron chi connectivity index (χ3n) is 6.71. The minimum Gasteiger partial charge on any atom is -0.339 e. The fourth-order valence-corrected chi connectivity index (χ4v) is 6.77. The zero-order valence-electron chi connectivity index (χ0n) is 16.2. The number of nitrogens with zero attached hydrogens (tertiary/aromatic N) is 2. The number of rotatable bonds is 3. The van der Waals surface area contributed by atoms with Crippen molar-refractivity contribution in [1.82, 2.24) is 9.21 Å². The summed E-state index contributed by atoms with van der Waals surface area (Å²) >= 11 is 0. The van der Waals surface area contributed by atoms with E-state index < -0.39 is 15.8 Å². The number of amides is 1. The van der Waals surface area contributed by atoms with E-state index in [0.717, 1.165) is 37.9 Å². The minimum absolute atomic E-state index is 0.0901. The van der Waals surface area contributed by atoms with Crippen LogP contribution in [0, 0.1) is 17.7 Å². The van der Waals surface area contributed by atoms with Gasteiger partial charge in [-0.3, -0.25) is 4.79 Å². The average Bonchev–Trinajstić information content (AvgIpc) is 2.73. The van der Waals surface area contributed by atoms with Crippen molar-refractivity contribution in [2.45, 2.75) is 62.3 Å². The lowest BCUT2D eigenvalue weighted by Crippen LogP contribution is -2.54. The lowest BCUT2D eigenvalue weighted by molar-refractivity contribution is -0.143. The number of piperidine rings is 2. The van der Waals surface area contributed by atoms with E-state index in [0.29, 0.717) is 24.9 Å². The number of hydrogen-bond acceptors (Lipinski definition) is 3. The summed E-state index contributed by atoms with van der Waals surface area (Å²) in [6.45, 7) is 1.45. The van der Waals surface area contributed by atoms with Gasteiger partial charge in [0.2, 0.25) is 15.9 Å². The molecule has 1 aromatic rings. The van der Waals surface area contributed by atoms with Crippen LogP contribution in [0.3, 0.4) is 0 Å². The second-order valence-electron chi connectivity index (χ2n) is 8.44. The second kappa shape index (κ2) is 8.11. The Morgan fingerprint density at radius 1 is 0.929 bits per heavy atom. The van der Waals surface area contributed by atoms with Crippen LogP contribution in [-0.2, 0) is 14.8 Å². The number of carbonyl (C=O) groups excluding carboxylic acids is 1. The smallest absolute Gasteiger partial charge is 0.243 e. The Morgan fingerprint density at radius 2 is 1.61 bits per heavy atom. The molecule has 0 aromatic heterocycles. The van der Waals surface area contributed by atoms with E-state index in [4.69, 9.17) is 0 Å². The first-order valence-electron chi connectivity index (χ1n) is 10.5. The summed E-state index contributed by atoms with van der Waals surface area (Å²) in [6, 6.07) is 5.27. The maximum Gasteiger partial charge on any atom is 0.243 e. The molecule has 5 nitrogen and oxygen atoms in total. The maximum absolute atomic E-state index is 13.3. The number of hydrogen-bond donors (Lipinski definition) is 0. The Balaban J connectivity index is 1.48. The van der Waals surface area contributed by atoms with E-state index in [-0.39, 0.29) is 23.3 Å². The maximum atomic E-state index is 13.3. The molecule has 28 heavy (non-hydrogen) atoms. The van der Waals surface area contributed by atoms with Crippen molar-refractivity contribution in [3.8, 4) is 0 Å². The molecular formula is C21H29FN2O3S. The summed E-state index contributed by atoms with van der Waals surface area (Å²) in [5.41, 5.74) is 0. The first-order chi connectivity index (χ1) is 13.5. The zero-order valence-corrected chi connectivity index (χ0v) is 17.0. The molecule has 0 radical (unpaired) electrons. The fraction of sp³-hybridized carbons (Fsp3) is 0.667. The largest absolute Gasteiger partial charge is 0.339 e. The molecule has 1 aromatic carbocycles. The van der Waals surface area contributed by atoms with Gasteiger partial charge in [-0.05, 0) is 68.7 Å². The van der Waals surface area contributed by atoms with Gasteiger partial charge in [-0.2, -0.15) is 4.31 Å². The van der Waals surface area contributed by atoms with Crippen LogP contribution in [-0.4, -0.2) is 49.2 Å². The van der Waals surface area contributed by atoms with E-state index in [2.05, 4.69) is 4.90 Å². The molecule has 0 N–H and O–H groups in total. The van der Waals surface area contributed by atoms with Crippen molar-refractivity contribution < 1.29 is 17.6 Å². The molecular weight excluding hydrogens is 379 g/mol. The number of halogens is 1. The van der Waals surface area contributed by atoms with Crippen molar-refractivity contribution in [1.29, 1.82) is 0 Å². The van der Waals surface area contributed by atoms with E-state index in [1.165, 1.54) is 42.1 Å².